The molecule has 0 unspecified atom stereocenters. The fraction of sp³-hybridized carbons (Fsp3) is 0.429. The van der Waals surface area contributed by atoms with Crippen LogP contribution in [0.2, 0.25) is 0 Å². The SMILES string of the molecule is NON1[C@H](c2ccccc2)C[C@H](c2ccccc2)[C@H]2CCCC[C@@H]21. The minimum Gasteiger partial charge on any atom is -0.213 e. The van der Waals surface area contributed by atoms with Gasteiger partial charge in [-0.2, -0.15) is 11.0 Å². The average molecular weight is 322 g/mol. The number of piperidine rings is 1. The van der Waals surface area contributed by atoms with E-state index in [1.807, 2.05) is 0 Å². The third kappa shape index (κ3) is 2.88. The summed E-state index contributed by atoms with van der Waals surface area (Å²) in [4.78, 5) is 5.45. The van der Waals surface area contributed by atoms with Crippen LogP contribution in [0.3, 0.4) is 0 Å². The highest BCUT2D eigenvalue weighted by Gasteiger charge is 2.45. The topological polar surface area (TPSA) is 38.5 Å². The summed E-state index contributed by atoms with van der Waals surface area (Å²) < 4.78 is 0. The Morgan fingerprint density at radius 1 is 0.833 bits per heavy atom. The van der Waals surface area contributed by atoms with Gasteiger partial charge in [-0.3, -0.25) is 0 Å². The Balaban J connectivity index is 1.72. The fourth-order valence-electron chi connectivity index (χ4n) is 4.87. The number of nitrogens with zero attached hydrogens (tertiary/aromatic N) is 1. The molecule has 4 atom stereocenters. The molecule has 4 rings (SSSR count). The van der Waals surface area contributed by atoms with E-state index in [1.165, 1.54) is 36.8 Å². The van der Waals surface area contributed by atoms with Crippen LogP contribution in [0.1, 0.15) is 55.2 Å². The van der Waals surface area contributed by atoms with Crippen molar-refractivity contribution in [3.63, 3.8) is 0 Å². The Hall–Kier alpha value is -1.68. The Kier molecular flexibility index (Phi) is 4.65. The molecule has 3 nitrogen and oxygen atoms in total. The van der Waals surface area contributed by atoms with Gasteiger partial charge >= 0.3 is 0 Å². The number of benzene rings is 2. The van der Waals surface area contributed by atoms with Crippen molar-refractivity contribution in [2.45, 2.75) is 50.1 Å². The lowest BCUT2D eigenvalue weighted by Gasteiger charge is -2.50. The van der Waals surface area contributed by atoms with E-state index in [0.29, 0.717) is 17.9 Å². The van der Waals surface area contributed by atoms with Gasteiger partial charge in [0.2, 0.25) is 0 Å². The number of fused-ring (bicyclic) bond motifs is 1. The first kappa shape index (κ1) is 15.8. The van der Waals surface area contributed by atoms with Gasteiger partial charge in [-0.1, -0.05) is 73.5 Å². The van der Waals surface area contributed by atoms with Gasteiger partial charge in [0.15, 0.2) is 0 Å². The molecule has 2 aromatic carbocycles. The predicted octanol–water partition coefficient (Wildman–Crippen LogP) is 4.58. The van der Waals surface area contributed by atoms with E-state index in [0.717, 1.165) is 6.42 Å². The zero-order chi connectivity index (χ0) is 16.4. The maximum atomic E-state index is 5.75. The molecule has 0 bridgehead atoms. The van der Waals surface area contributed by atoms with E-state index in [-0.39, 0.29) is 6.04 Å². The van der Waals surface area contributed by atoms with Crippen LogP contribution in [0.15, 0.2) is 60.7 Å². The van der Waals surface area contributed by atoms with E-state index >= 15 is 0 Å². The van der Waals surface area contributed by atoms with Crippen molar-refractivity contribution in [1.29, 1.82) is 0 Å². The van der Waals surface area contributed by atoms with E-state index in [4.69, 9.17) is 10.8 Å². The molecule has 126 valence electrons. The van der Waals surface area contributed by atoms with Crippen LogP contribution < -0.4 is 5.90 Å². The Labute approximate surface area is 144 Å². The number of rotatable bonds is 3. The predicted molar refractivity (Wildman–Crippen MR) is 95.8 cm³/mol. The normalized spacial score (nSPS) is 30.7. The van der Waals surface area contributed by atoms with Crippen molar-refractivity contribution >= 4 is 0 Å². The summed E-state index contributed by atoms with van der Waals surface area (Å²) in [7, 11) is 0. The Bertz CT molecular complexity index is 598. The van der Waals surface area contributed by atoms with Crippen molar-refractivity contribution in [1.82, 2.24) is 5.06 Å². The first-order chi connectivity index (χ1) is 11.9. The summed E-state index contributed by atoms with van der Waals surface area (Å²) in [6.07, 6.45) is 6.09. The lowest BCUT2D eigenvalue weighted by molar-refractivity contribution is -0.253. The summed E-state index contributed by atoms with van der Waals surface area (Å²) in [6.45, 7) is 0. The summed E-state index contributed by atoms with van der Waals surface area (Å²) in [6, 6.07) is 22.3. The van der Waals surface area contributed by atoms with Crippen LogP contribution in [0.4, 0.5) is 0 Å². The van der Waals surface area contributed by atoms with Crippen molar-refractivity contribution in [3.05, 3.63) is 71.8 Å². The molecular formula is C21H26N2O. The molecule has 0 amide bonds. The standard InChI is InChI=1S/C21H26N2O/c22-24-23-20-14-8-7-13-18(20)19(16-9-3-1-4-10-16)15-21(23)17-11-5-2-6-12-17/h1-6,9-12,18-21H,7-8,13-15,22H2/t18-,19-,20+,21+/m1/s1. The molecule has 2 N–H and O–H groups in total. The number of hydrogen-bond acceptors (Lipinski definition) is 3. The molecular weight excluding hydrogens is 296 g/mol. The summed E-state index contributed by atoms with van der Waals surface area (Å²) in [5.74, 6) is 6.95. The van der Waals surface area contributed by atoms with Crippen LogP contribution in [0, 0.1) is 5.92 Å². The average Bonchev–Trinajstić information content (AvgIpc) is 2.68. The van der Waals surface area contributed by atoms with E-state index in [9.17, 15) is 0 Å². The second kappa shape index (κ2) is 7.06. The minimum atomic E-state index is 0.223. The zero-order valence-corrected chi connectivity index (χ0v) is 14.1. The van der Waals surface area contributed by atoms with Gasteiger partial charge in [0.25, 0.3) is 0 Å². The number of nitrogens with two attached hydrogens (primary N) is 1. The quantitative estimate of drug-likeness (QED) is 0.841. The Morgan fingerprint density at radius 3 is 2.12 bits per heavy atom. The van der Waals surface area contributed by atoms with E-state index in [1.54, 1.807) is 0 Å². The van der Waals surface area contributed by atoms with Crippen LogP contribution in [-0.2, 0) is 4.94 Å². The van der Waals surface area contributed by atoms with Gasteiger partial charge in [-0.05, 0) is 42.2 Å². The molecule has 1 aliphatic heterocycles. The van der Waals surface area contributed by atoms with Crippen LogP contribution in [-0.4, -0.2) is 11.1 Å². The molecule has 1 saturated heterocycles. The maximum Gasteiger partial charge on any atom is 0.0630 e. The lowest BCUT2D eigenvalue weighted by Crippen LogP contribution is -2.52. The van der Waals surface area contributed by atoms with E-state index in [2.05, 4.69) is 65.7 Å². The molecule has 0 aromatic heterocycles. The van der Waals surface area contributed by atoms with Gasteiger partial charge in [0.05, 0.1) is 6.04 Å². The molecule has 1 heterocycles. The lowest BCUT2D eigenvalue weighted by atomic mass is 9.67. The van der Waals surface area contributed by atoms with Crippen molar-refractivity contribution in [2.24, 2.45) is 11.8 Å². The highest BCUT2D eigenvalue weighted by molar-refractivity contribution is 5.26. The second-order valence-corrected chi connectivity index (χ2v) is 7.16. The highest BCUT2D eigenvalue weighted by atomic mass is 16.8. The molecule has 0 radical (unpaired) electrons. The third-order valence-corrected chi connectivity index (χ3v) is 5.94. The van der Waals surface area contributed by atoms with Gasteiger partial charge in [-0.15, -0.1) is 0 Å². The summed E-state index contributed by atoms with van der Waals surface area (Å²) in [5.41, 5.74) is 2.76. The molecule has 2 fully saturated rings. The summed E-state index contributed by atoms with van der Waals surface area (Å²) in [5, 5.41) is 2.10. The molecule has 24 heavy (non-hydrogen) atoms. The molecule has 3 heteroatoms. The van der Waals surface area contributed by atoms with Crippen LogP contribution >= 0.6 is 0 Å². The van der Waals surface area contributed by atoms with Crippen molar-refractivity contribution in [3.8, 4) is 0 Å². The van der Waals surface area contributed by atoms with Crippen LogP contribution in [0.5, 0.6) is 0 Å². The smallest absolute Gasteiger partial charge is 0.0630 e. The monoisotopic (exact) mass is 322 g/mol. The molecule has 1 aliphatic carbocycles. The second-order valence-electron chi connectivity index (χ2n) is 7.16. The highest BCUT2D eigenvalue weighted by Crippen LogP contribution is 2.50. The zero-order valence-electron chi connectivity index (χ0n) is 14.1. The van der Waals surface area contributed by atoms with E-state index < -0.39 is 0 Å². The van der Waals surface area contributed by atoms with Gasteiger partial charge in [0, 0.05) is 6.04 Å². The van der Waals surface area contributed by atoms with Gasteiger partial charge < -0.3 is 0 Å². The largest absolute Gasteiger partial charge is 0.213 e. The van der Waals surface area contributed by atoms with Crippen molar-refractivity contribution in [2.75, 3.05) is 0 Å². The Morgan fingerprint density at radius 2 is 1.46 bits per heavy atom. The first-order valence-corrected chi connectivity index (χ1v) is 9.13. The minimum absolute atomic E-state index is 0.223. The number of hydroxylamine groups is 2. The van der Waals surface area contributed by atoms with Crippen molar-refractivity contribution < 1.29 is 4.94 Å². The first-order valence-electron chi connectivity index (χ1n) is 9.13. The molecule has 2 aromatic rings. The molecule has 0 spiro atoms. The number of hydrogen-bond donors (Lipinski definition) is 1. The van der Waals surface area contributed by atoms with Gasteiger partial charge in [-0.25, -0.2) is 4.94 Å². The summed E-state index contributed by atoms with van der Waals surface area (Å²) >= 11 is 0. The fourth-order valence-corrected chi connectivity index (χ4v) is 4.87. The molecule has 1 saturated carbocycles. The van der Waals surface area contributed by atoms with Gasteiger partial charge in [0.1, 0.15) is 0 Å². The maximum absolute atomic E-state index is 5.75. The third-order valence-electron chi connectivity index (χ3n) is 5.94. The van der Waals surface area contributed by atoms with Crippen LogP contribution in [0.25, 0.3) is 0 Å². The molecule has 2 aliphatic rings.